The molecule has 1 N–H and O–H groups in total. The number of nitrogens with zero attached hydrogens (tertiary/aromatic N) is 1. The van der Waals surface area contributed by atoms with Gasteiger partial charge in [-0.15, -0.1) is 0 Å². The van der Waals surface area contributed by atoms with Crippen LogP contribution in [0.4, 0.5) is 8.78 Å². The maximum atomic E-state index is 13.2. The van der Waals surface area contributed by atoms with Crippen LogP contribution in [-0.2, 0) is 13.0 Å². The second-order valence-electron chi connectivity index (χ2n) is 6.02. The van der Waals surface area contributed by atoms with Crippen molar-refractivity contribution in [1.29, 1.82) is 0 Å². The molecule has 120 valence electrons. The first kappa shape index (κ1) is 15.6. The van der Waals surface area contributed by atoms with Crippen LogP contribution in [0.2, 0.25) is 0 Å². The summed E-state index contributed by atoms with van der Waals surface area (Å²) >= 11 is 0. The molecule has 1 saturated heterocycles. The number of benzene rings is 2. The molecule has 0 aromatic heterocycles. The lowest BCUT2D eigenvalue weighted by atomic mass is 9.91. The van der Waals surface area contributed by atoms with Crippen molar-refractivity contribution in [3.63, 3.8) is 0 Å². The van der Waals surface area contributed by atoms with E-state index in [1.165, 1.54) is 12.1 Å². The Kier molecular flexibility index (Phi) is 4.39. The van der Waals surface area contributed by atoms with Gasteiger partial charge in [-0.2, -0.15) is 0 Å². The van der Waals surface area contributed by atoms with Gasteiger partial charge < -0.3 is 5.11 Å². The molecule has 0 unspecified atom stereocenters. The number of rotatable bonds is 5. The van der Waals surface area contributed by atoms with Crippen LogP contribution in [0.3, 0.4) is 0 Å². The van der Waals surface area contributed by atoms with E-state index in [0.717, 1.165) is 30.6 Å². The fraction of sp³-hybridized carbons (Fsp3) is 0.278. The number of carboxylic acid groups (broad SMARTS) is 1. The fourth-order valence-corrected chi connectivity index (χ4v) is 3.00. The van der Waals surface area contributed by atoms with E-state index in [9.17, 15) is 13.6 Å². The summed E-state index contributed by atoms with van der Waals surface area (Å²) in [5.41, 5.74) is 2.07. The van der Waals surface area contributed by atoms with Crippen molar-refractivity contribution >= 4 is 5.97 Å². The van der Waals surface area contributed by atoms with E-state index >= 15 is 0 Å². The van der Waals surface area contributed by atoms with E-state index in [1.807, 2.05) is 6.07 Å². The van der Waals surface area contributed by atoms with Gasteiger partial charge in [-0.1, -0.05) is 18.2 Å². The topological polar surface area (TPSA) is 40.5 Å². The molecule has 0 amide bonds. The molecular weight excluding hydrogens is 300 g/mol. The van der Waals surface area contributed by atoms with Crippen LogP contribution in [0.5, 0.6) is 0 Å². The number of carboxylic acids is 1. The zero-order chi connectivity index (χ0) is 16.4. The van der Waals surface area contributed by atoms with Gasteiger partial charge in [0.1, 0.15) is 0 Å². The van der Waals surface area contributed by atoms with E-state index < -0.39 is 17.6 Å². The van der Waals surface area contributed by atoms with Crippen LogP contribution in [0.1, 0.15) is 21.5 Å². The summed E-state index contributed by atoms with van der Waals surface area (Å²) < 4.78 is 26.1. The zero-order valence-corrected chi connectivity index (χ0v) is 12.5. The van der Waals surface area contributed by atoms with Crippen LogP contribution in [0.15, 0.2) is 42.5 Å². The average molecular weight is 317 g/mol. The summed E-state index contributed by atoms with van der Waals surface area (Å²) in [6.45, 7) is 2.45. The molecule has 2 aromatic rings. The highest BCUT2D eigenvalue weighted by atomic mass is 19.2. The Bertz CT molecular complexity index is 727. The van der Waals surface area contributed by atoms with Gasteiger partial charge >= 0.3 is 5.97 Å². The van der Waals surface area contributed by atoms with E-state index in [0.29, 0.717) is 18.0 Å². The average Bonchev–Trinajstić information content (AvgIpc) is 2.49. The van der Waals surface area contributed by atoms with Gasteiger partial charge in [-0.05, 0) is 47.7 Å². The summed E-state index contributed by atoms with van der Waals surface area (Å²) in [5, 5.41) is 8.99. The molecule has 3 nitrogen and oxygen atoms in total. The number of hydrogen-bond acceptors (Lipinski definition) is 2. The number of likely N-dealkylation sites (tertiary alicyclic amines) is 1. The SMILES string of the molecule is O=C(O)c1cccc(CN2CC(Cc3ccc(F)c(F)c3)C2)c1. The second-order valence-corrected chi connectivity index (χ2v) is 6.02. The molecule has 0 atom stereocenters. The third-order valence-corrected chi connectivity index (χ3v) is 4.12. The Hall–Kier alpha value is -2.27. The van der Waals surface area contributed by atoms with E-state index in [2.05, 4.69) is 4.90 Å². The van der Waals surface area contributed by atoms with Crippen molar-refractivity contribution < 1.29 is 18.7 Å². The number of hydrogen-bond donors (Lipinski definition) is 1. The van der Waals surface area contributed by atoms with Crippen LogP contribution in [0, 0.1) is 17.6 Å². The van der Waals surface area contributed by atoms with Gasteiger partial charge in [0.2, 0.25) is 0 Å². The minimum Gasteiger partial charge on any atom is -0.478 e. The van der Waals surface area contributed by atoms with Crippen molar-refractivity contribution in [2.24, 2.45) is 5.92 Å². The van der Waals surface area contributed by atoms with Crippen molar-refractivity contribution in [1.82, 2.24) is 4.90 Å². The smallest absolute Gasteiger partial charge is 0.335 e. The summed E-state index contributed by atoms with van der Waals surface area (Å²) in [7, 11) is 0. The molecule has 23 heavy (non-hydrogen) atoms. The Morgan fingerprint density at radius 1 is 1.09 bits per heavy atom. The molecule has 1 aliphatic rings. The minimum absolute atomic E-state index is 0.293. The predicted octanol–water partition coefficient (Wildman–Crippen LogP) is 3.34. The number of halogens is 2. The molecule has 0 radical (unpaired) electrons. The summed E-state index contributed by atoms with van der Waals surface area (Å²) in [5.74, 6) is -2.12. The lowest BCUT2D eigenvalue weighted by Gasteiger charge is -2.39. The quantitative estimate of drug-likeness (QED) is 0.919. The number of carbonyl (C=O) groups is 1. The second kappa shape index (κ2) is 6.46. The molecule has 5 heteroatoms. The molecule has 2 aromatic carbocycles. The Labute approximate surface area is 133 Å². The van der Waals surface area contributed by atoms with Gasteiger partial charge in [-0.25, -0.2) is 13.6 Å². The zero-order valence-electron chi connectivity index (χ0n) is 12.5. The molecular formula is C18H17F2NO2. The van der Waals surface area contributed by atoms with Crippen molar-refractivity contribution in [2.75, 3.05) is 13.1 Å². The molecule has 1 aliphatic heterocycles. The normalized spacial score (nSPS) is 15.4. The highest BCUT2D eigenvalue weighted by molar-refractivity contribution is 5.87. The maximum Gasteiger partial charge on any atom is 0.335 e. The molecule has 0 spiro atoms. The summed E-state index contributed by atoms with van der Waals surface area (Å²) in [6.07, 6.45) is 0.725. The van der Waals surface area contributed by atoms with Crippen LogP contribution in [0.25, 0.3) is 0 Å². The lowest BCUT2D eigenvalue weighted by Crippen LogP contribution is -2.46. The first-order chi connectivity index (χ1) is 11.0. The highest BCUT2D eigenvalue weighted by Gasteiger charge is 2.26. The first-order valence-electron chi connectivity index (χ1n) is 7.50. The Balaban J connectivity index is 1.52. The third kappa shape index (κ3) is 3.74. The molecule has 1 fully saturated rings. The van der Waals surface area contributed by atoms with Crippen LogP contribution in [-0.4, -0.2) is 29.1 Å². The lowest BCUT2D eigenvalue weighted by molar-refractivity contribution is 0.0695. The molecule has 0 bridgehead atoms. The summed E-state index contributed by atoms with van der Waals surface area (Å²) in [4.78, 5) is 13.2. The van der Waals surface area contributed by atoms with Crippen LogP contribution >= 0.6 is 0 Å². The largest absolute Gasteiger partial charge is 0.478 e. The first-order valence-corrected chi connectivity index (χ1v) is 7.50. The van der Waals surface area contributed by atoms with Crippen molar-refractivity contribution in [2.45, 2.75) is 13.0 Å². The van der Waals surface area contributed by atoms with Crippen LogP contribution < -0.4 is 0 Å². The van der Waals surface area contributed by atoms with Gasteiger partial charge in [0.15, 0.2) is 11.6 Å². The molecule has 3 rings (SSSR count). The van der Waals surface area contributed by atoms with Gasteiger partial charge in [-0.3, -0.25) is 4.90 Å². The van der Waals surface area contributed by atoms with Gasteiger partial charge in [0, 0.05) is 19.6 Å². The molecule has 0 aliphatic carbocycles. The number of aromatic carboxylic acids is 1. The van der Waals surface area contributed by atoms with E-state index in [-0.39, 0.29) is 0 Å². The van der Waals surface area contributed by atoms with Crippen molar-refractivity contribution in [3.05, 3.63) is 70.8 Å². The third-order valence-electron chi connectivity index (χ3n) is 4.12. The fourth-order valence-electron chi connectivity index (χ4n) is 3.00. The maximum absolute atomic E-state index is 13.2. The highest BCUT2D eigenvalue weighted by Crippen LogP contribution is 2.23. The van der Waals surface area contributed by atoms with E-state index in [4.69, 9.17) is 5.11 Å². The van der Waals surface area contributed by atoms with Gasteiger partial charge in [0.05, 0.1) is 5.56 Å². The van der Waals surface area contributed by atoms with E-state index in [1.54, 1.807) is 24.3 Å². The Morgan fingerprint density at radius 3 is 2.57 bits per heavy atom. The summed E-state index contributed by atoms with van der Waals surface area (Å²) in [6, 6.07) is 11.0. The molecule has 0 saturated carbocycles. The Morgan fingerprint density at radius 2 is 1.87 bits per heavy atom. The molecule has 1 heterocycles. The van der Waals surface area contributed by atoms with Crippen molar-refractivity contribution in [3.8, 4) is 0 Å². The minimum atomic E-state index is -0.924. The standard InChI is InChI=1S/C18H17F2NO2/c19-16-5-4-12(8-17(16)20)6-14-10-21(11-14)9-13-2-1-3-15(7-13)18(22)23/h1-5,7-8,14H,6,9-11H2,(H,22,23). The monoisotopic (exact) mass is 317 g/mol. The van der Waals surface area contributed by atoms with Gasteiger partial charge in [0.25, 0.3) is 0 Å². The predicted molar refractivity (Wildman–Crippen MR) is 82.2 cm³/mol.